The molecular formula is C18H17ClN4O. The van der Waals surface area contributed by atoms with Gasteiger partial charge in [-0.2, -0.15) is 0 Å². The zero-order chi connectivity index (χ0) is 16.5. The number of piperazine rings is 1. The molecule has 1 fully saturated rings. The third-order valence-electron chi connectivity index (χ3n) is 4.36. The Morgan fingerprint density at radius 3 is 2.42 bits per heavy atom. The fourth-order valence-electron chi connectivity index (χ4n) is 3.07. The van der Waals surface area contributed by atoms with Gasteiger partial charge in [-0.25, -0.2) is 4.98 Å². The smallest absolute Gasteiger partial charge is 0.260 e. The zero-order valence-corrected chi connectivity index (χ0v) is 13.8. The van der Waals surface area contributed by atoms with Gasteiger partial charge in [-0.05, 0) is 30.3 Å². The molecule has 0 bridgehead atoms. The summed E-state index contributed by atoms with van der Waals surface area (Å²) < 4.78 is 0. The number of halogens is 1. The Morgan fingerprint density at radius 2 is 1.67 bits per heavy atom. The van der Waals surface area contributed by atoms with Crippen molar-refractivity contribution in [3.63, 3.8) is 0 Å². The number of rotatable bonds is 2. The lowest BCUT2D eigenvalue weighted by Gasteiger charge is -2.36. The number of anilines is 2. The molecule has 0 aliphatic carbocycles. The van der Waals surface area contributed by atoms with E-state index < -0.39 is 0 Å². The van der Waals surface area contributed by atoms with E-state index >= 15 is 0 Å². The van der Waals surface area contributed by atoms with Gasteiger partial charge in [-0.1, -0.05) is 29.8 Å². The second-order valence-corrected chi connectivity index (χ2v) is 6.30. The minimum absolute atomic E-state index is 0.128. The largest absolute Gasteiger partial charge is 0.368 e. The van der Waals surface area contributed by atoms with Gasteiger partial charge in [0.15, 0.2) is 0 Å². The quantitative estimate of drug-likeness (QED) is 0.779. The van der Waals surface area contributed by atoms with Crippen LogP contribution in [0.4, 0.5) is 11.6 Å². The highest BCUT2D eigenvalue weighted by atomic mass is 35.5. The first kappa shape index (κ1) is 15.0. The molecule has 0 radical (unpaired) electrons. The Hall–Kier alpha value is -2.53. The van der Waals surface area contributed by atoms with Crippen LogP contribution in [-0.4, -0.2) is 36.1 Å². The number of hydrogen-bond donors (Lipinski definition) is 1. The molecule has 0 spiro atoms. The number of hydrogen-bond acceptors (Lipinski definition) is 4. The molecule has 4 rings (SSSR count). The van der Waals surface area contributed by atoms with Crippen LogP contribution in [0.3, 0.4) is 0 Å². The fourth-order valence-corrected chi connectivity index (χ4v) is 3.23. The Morgan fingerprint density at radius 1 is 0.958 bits per heavy atom. The van der Waals surface area contributed by atoms with Gasteiger partial charge in [0.2, 0.25) is 5.95 Å². The molecule has 1 saturated heterocycles. The topological polar surface area (TPSA) is 52.2 Å². The Balaban J connectivity index is 1.57. The van der Waals surface area contributed by atoms with Crippen LogP contribution in [-0.2, 0) is 0 Å². The summed E-state index contributed by atoms with van der Waals surface area (Å²) in [6, 6.07) is 15.5. The molecule has 0 amide bonds. The highest BCUT2D eigenvalue weighted by Gasteiger charge is 2.19. The molecule has 2 aromatic carbocycles. The molecule has 3 aromatic rings. The Bertz CT molecular complexity index is 917. The number of nitrogens with zero attached hydrogens (tertiary/aromatic N) is 3. The fraction of sp³-hybridized carbons (Fsp3) is 0.222. The predicted molar refractivity (Wildman–Crippen MR) is 98.2 cm³/mol. The van der Waals surface area contributed by atoms with Crippen molar-refractivity contribution >= 4 is 34.1 Å². The molecule has 0 saturated carbocycles. The van der Waals surface area contributed by atoms with E-state index in [0.29, 0.717) is 21.9 Å². The van der Waals surface area contributed by atoms with Crippen LogP contribution in [0, 0.1) is 0 Å². The van der Waals surface area contributed by atoms with Gasteiger partial charge in [-0.15, -0.1) is 0 Å². The van der Waals surface area contributed by atoms with Crippen molar-refractivity contribution in [3.8, 4) is 0 Å². The van der Waals surface area contributed by atoms with E-state index in [1.165, 1.54) is 5.69 Å². The number of nitrogens with one attached hydrogen (secondary N) is 1. The SMILES string of the molecule is O=c1[nH]c(N2CCN(c3ccccc3)CC2)nc2cc(Cl)ccc12. The van der Waals surface area contributed by atoms with E-state index in [-0.39, 0.29) is 5.56 Å². The number of H-pyrrole nitrogens is 1. The summed E-state index contributed by atoms with van der Waals surface area (Å²) in [5.41, 5.74) is 1.73. The van der Waals surface area contributed by atoms with Crippen LogP contribution < -0.4 is 15.4 Å². The average molecular weight is 341 g/mol. The molecule has 1 aliphatic heterocycles. The van der Waals surface area contributed by atoms with E-state index in [1.807, 2.05) is 18.2 Å². The van der Waals surface area contributed by atoms with E-state index in [0.717, 1.165) is 26.2 Å². The molecule has 24 heavy (non-hydrogen) atoms. The molecule has 5 nitrogen and oxygen atoms in total. The minimum atomic E-state index is -0.128. The van der Waals surface area contributed by atoms with E-state index in [1.54, 1.807) is 18.2 Å². The predicted octanol–water partition coefficient (Wildman–Crippen LogP) is 2.90. The molecule has 1 aliphatic rings. The third kappa shape index (κ3) is 2.83. The molecule has 0 atom stereocenters. The van der Waals surface area contributed by atoms with Crippen LogP contribution in [0.15, 0.2) is 53.3 Å². The summed E-state index contributed by atoms with van der Waals surface area (Å²) in [6.07, 6.45) is 0. The standard InChI is InChI=1S/C18H17ClN4O/c19-13-6-7-15-16(12-13)20-18(21-17(15)24)23-10-8-22(9-11-23)14-4-2-1-3-5-14/h1-7,12H,8-11H2,(H,20,21,24). The van der Waals surface area contributed by atoms with Crippen molar-refractivity contribution in [1.82, 2.24) is 9.97 Å². The maximum absolute atomic E-state index is 12.3. The number of benzene rings is 2. The highest BCUT2D eigenvalue weighted by Crippen LogP contribution is 2.20. The first-order valence-electron chi connectivity index (χ1n) is 7.95. The maximum atomic E-state index is 12.3. The second kappa shape index (κ2) is 6.17. The van der Waals surface area contributed by atoms with Crippen molar-refractivity contribution < 1.29 is 0 Å². The van der Waals surface area contributed by atoms with Gasteiger partial charge in [0.05, 0.1) is 10.9 Å². The lowest BCUT2D eigenvalue weighted by molar-refractivity contribution is 0.640. The van der Waals surface area contributed by atoms with E-state index in [2.05, 4.69) is 31.9 Å². The lowest BCUT2D eigenvalue weighted by Crippen LogP contribution is -2.47. The summed E-state index contributed by atoms with van der Waals surface area (Å²) in [7, 11) is 0. The van der Waals surface area contributed by atoms with E-state index in [4.69, 9.17) is 11.6 Å². The Labute approximate surface area is 144 Å². The molecule has 2 heterocycles. The summed E-state index contributed by atoms with van der Waals surface area (Å²) in [5.74, 6) is 0.613. The number of para-hydroxylation sites is 1. The molecule has 6 heteroatoms. The van der Waals surface area contributed by atoms with Gasteiger partial charge in [0.25, 0.3) is 5.56 Å². The van der Waals surface area contributed by atoms with Gasteiger partial charge in [0.1, 0.15) is 0 Å². The summed E-state index contributed by atoms with van der Waals surface area (Å²) in [4.78, 5) is 24.2. The van der Waals surface area contributed by atoms with Crippen LogP contribution in [0.1, 0.15) is 0 Å². The number of aromatic nitrogens is 2. The maximum Gasteiger partial charge on any atom is 0.260 e. The zero-order valence-electron chi connectivity index (χ0n) is 13.1. The summed E-state index contributed by atoms with van der Waals surface area (Å²) >= 11 is 6.02. The van der Waals surface area contributed by atoms with Gasteiger partial charge in [0, 0.05) is 36.9 Å². The second-order valence-electron chi connectivity index (χ2n) is 5.86. The first-order chi connectivity index (χ1) is 11.7. The van der Waals surface area contributed by atoms with Gasteiger partial charge >= 0.3 is 0 Å². The molecular weight excluding hydrogens is 324 g/mol. The average Bonchev–Trinajstić information content (AvgIpc) is 2.62. The third-order valence-corrected chi connectivity index (χ3v) is 4.59. The molecule has 0 unspecified atom stereocenters. The van der Waals surface area contributed by atoms with Gasteiger partial charge < -0.3 is 9.80 Å². The normalized spacial score (nSPS) is 15.0. The van der Waals surface area contributed by atoms with Crippen molar-refractivity contribution in [2.45, 2.75) is 0 Å². The van der Waals surface area contributed by atoms with Crippen LogP contribution in [0.25, 0.3) is 10.9 Å². The molecule has 122 valence electrons. The number of aromatic amines is 1. The van der Waals surface area contributed by atoms with Crippen molar-refractivity contribution in [2.75, 3.05) is 36.0 Å². The number of fused-ring (bicyclic) bond motifs is 1. The van der Waals surface area contributed by atoms with Crippen molar-refractivity contribution in [2.24, 2.45) is 0 Å². The van der Waals surface area contributed by atoms with Crippen molar-refractivity contribution in [1.29, 1.82) is 0 Å². The molecule has 1 aromatic heterocycles. The summed E-state index contributed by atoms with van der Waals surface area (Å²) in [5, 5.41) is 1.14. The van der Waals surface area contributed by atoms with Crippen LogP contribution in [0.5, 0.6) is 0 Å². The highest BCUT2D eigenvalue weighted by molar-refractivity contribution is 6.31. The lowest BCUT2D eigenvalue weighted by atomic mass is 10.2. The van der Waals surface area contributed by atoms with E-state index in [9.17, 15) is 4.79 Å². The van der Waals surface area contributed by atoms with Crippen LogP contribution >= 0.6 is 11.6 Å². The first-order valence-corrected chi connectivity index (χ1v) is 8.33. The van der Waals surface area contributed by atoms with Crippen molar-refractivity contribution in [3.05, 3.63) is 63.9 Å². The summed E-state index contributed by atoms with van der Waals surface area (Å²) in [6.45, 7) is 3.40. The van der Waals surface area contributed by atoms with Gasteiger partial charge in [-0.3, -0.25) is 9.78 Å². The molecule has 1 N–H and O–H groups in total. The monoisotopic (exact) mass is 340 g/mol. The van der Waals surface area contributed by atoms with Crippen LogP contribution in [0.2, 0.25) is 5.02 Å². The Kier molecular flexibility index (Phi) is 3.86. The minimum Gasteiger partial charge on any atom is -0.368 e.